The molecule has 32 heavy (non-hydrogen) atoms. The lowest BCUT2D eigenvalue weighted by Gasteiger charge is -2.24. The maximum atomic E-state index is 13.1. The summed E-state index contributed by atoms with van der Waals surface area (Å²) in [5, 5.41) is 0. The first kappa shape index (κ1) is 22.3. The van der Waals surface area contributed by atoms with E-state index in [0.717, 1.165) is 24.2 Å². The van der Waals surface area contributed by atoms with Crippen LogP contribution >= 0.6 is 0 Å². The Morgan fingerprint density at radius 2 is 1.66 bits per heavy atom. The maximum absolute atomic E-state index is 13.1. The highest BCUT2D eigenvalue weighted by Gasteiger charge is 2.33. The lowest BCUT2D eigenvalue weighted by molar-refractivity contribution is -0.134. The molecule has 0 bridgehead atoms. The van der Waals surface area contributed by atoms with E-state index in [1.165, 1.54) is 5.56 Å². The quantitative estimate of drug-likeness (QED) is 0.727. The summed E-state index contributed by atoms with van der Waals surface area (Å²) in [5.74, 6) is 1.09. The molecule has 4 rings (SSSR count). The molecule has 7 nitrogen and oxygen atoms in total. The van der Waals surface area contributed by atoms with Gasteiger partial charge in [-0.15, -0.1) is 0 Å². The van der Waals surface area contributed by atoms with Crippen LogP contribution in [0.5, 0.6) is 5.75 Å². The fourth-order valence-corrected chi connectivity index (χ4v) is 4.43. The SMILES string of the molecule is COc1ccc(CCC(=O)N2CCCN(C(=O)C3CC(c4ccccc4)NN3)CC2)cc1. The third-order valence-electron chi connectivity index (χ3n) is 6.35. The molecule has 0 aromatic heterocycles. The summed E-state index contributed by atoms with van der Waals surface area (Å²) in [6.45, 7) is 2.57. The minimum Gasteiger partial charge on any atom is -0.497 e. The number of amides is 2. The van der Waals surface area contributed by atoms with Crippen LogP contribution in [0.15, 0.2) is 54.6 Å². The summed E-state index contributed by atoms with van der Waals surface area (Å²) < 4.78 is 5.18. The van der Waals surface area contributed by atoms with E-state index in [0.29, 0.717) is 39.0 Å². The Labute approximate surface area is 189 Å². The van der Waals surface area contributed by atoms with Crippen molar-refractivity contribution >= 4 is 11.8 Å². The summed E-state index contributed by atoms with van der Waals surface area (Å²) in [5.41, 5.74) is 8.73. The van der Waals surface area contributed by atoms with E-state index in [1.807, 2.05) is 52.3 Å². The van der Waals surface area contributed by atoms with Crippen LogP contribution in [-0.2, 0) is 16.0 Å². The van der Waals surface area contributed by atoms with E-state index in [1.54, 1.807) is 7.11 Å². The van der Waals surface area contributed by atoms with Crippen molar-refractivity contribution < 1.29 is 14.3 Å². The monoisotopic (exact) mass is 436 g/mol. The number of carbonyl (C=O) groups excluding carboxylic acids is 2. The van der Waals surface area contributed by atoms with Crippen LogP contribution in [-0.4, -0.2) is 60.9 Å². The smallest absolute Gasteiger partial charge is 0.241 e. The Kier molecular flexibility index (Phi) is 7.39. The molecule has 2 atom stereocenters. The third-order valence-corrected chi connectivity index (χ3v) is 6.35. The largest absolute Gasteiger partial charge is 0.497 e. The van der Waals surface area contributed by atoms with Crippen molar-refractivity contribution in [1.82, 2.24) is 20.7 Å². The number of carbonyl (C=O) groups is 2. The molecule has 2 aliphatic heterocycles. The first-order chi connectivity index (χ1) is 15.6. The van der Waals surface area contributed by atoms with Crippen LogP contribution in [0.25, 0.3) is 0 Å². The number of nitrogens with zero attached hydrogens (tertiary/aromatic N) is 2. The predicted octanol–water partition coefficient (Wildman–Crippen LogP) is 2.30. The molecule has 2 N–H and O–H groups in total. The summed E-state index contributed by atoms with van der Waals surface area (Å²) in [6, 6.07) is 17.9. The van der Waals surface area contributed by atoms with Crippen molar-refractivity contribution in [2.24, 2.45) is 0 Å². The molecule has 2 aromatic carbocycles. The third kappa shape index (κ3) is 5.47. The van der Waals surface area contributed by atoms with Gasteiger partial charge in [-0.1, -0.05) is 42.5 Å². The van der Waals surface area contributed by atoms with Crippen molar-refractivity contribution in [2.75, 3.05) is 33.3 Å². The maximum Gasteiger partial charge on any atom is 0.241 e. The van der Waals surface area contributed by atoms with Gasteiger partial charge < -0.3 is 14.5 Å². The second kappa shape index (κ2) is 10.6. The molecular weight excluding hydrogens is 404 g/mol. The second-order valence-electron chi connectivity index (χ2n) is 8.45. The molecule has 0 saturated carbocycles. The number of nitrogens with one attached hydrogen (secondary N) is 2. The molecule has 170 valence electrons. The van der Waals surface area contributed by atoms with E-state index in [-0.39, 0.29) is 23.9 Å². The van der Waals surface area contributed by atoms with Gasteiger partial charge in [-0.25, -0.2) is 10.9 Å². The molecule has 2 fully saturated rings. The highest BCUT2D eigenvalue weighted by molar-refractivity contribution is 5.82. The zero-order valence-electron chi connectivity index (χ0n) is 18.6. The molecule has 2 aromatic rings. The average molecular weight is 437 g/mol. The van der Waals surface area contributed by atoms with Crippen molar-refractivity contribution in [3.63, 3.8) is 0 Å². The topological polar surface area (TPSA) is 73.9 Å². The Morgan fingerprint density at radius 3 is 2.41 bits per heavy atom. The Hall–Kier alpha value is -2.90. The van der Waals surface area contributed by atoms with E-state index >= 15 is 0 Å². The minimum absolute atomic E-state index is 0.114. The number of hydrogen-bond acceptors (Lipinski definition) is 5. The molecule has 0 aliphatic carbocycles. The summed E-state index contributed by atoms with van der Waals surface area (Å²) in [4.78, 5) is 29.6. The normalized spacial score (nSPS) is 21.3. The van der Waals surface area contributed by atoms with Crippen LogP contribution in [0.2, 0.25) is 0 Å². The number of hydrogen-bond donors (Lipinski definition) is 2. The van der Waals surface area contributed by atoms with Crippen molar-refractivity contribution in [3.05, 3.63) is 65.7 Å². The van der Waals surface area contributed by atoms with Gasteiger partial charge in [-0.2, -0.15) is 0 Å². The zero-order chi connectivity index (χ0) is 22.3. The zero-order valence-corrected chi connectivity index (χ0v) is 18.6. The summed E-state index contributed by atoms with van der Waals surface area (Å²) >= 11 is 0. The predicted molar refractivity (Wildman–Crippen MR) is 123 cm³/mol. The second-order valence-corrected chi connectivity index (χ2v) is 8.45. The highest BCUT2D eigenvalue weighted by atomic mass is 16.5. The van der Waals surface area contributed by atoms with Gasteiger partial charge in [0, 0.05) is 38.6 Å². The number of aryl methyl sites for hydroxylation is 1. The molecule has 7 heteroatoms. The van der Waals surface area contributed by atoms with Gasteiger partial charge in [0.05, 0.1) is 7.11 Å². The number of rotatable bonds is 6. The van der Waals surface area contributed by atoms with Crippen molar-refractivity contribution in [1.29, 1.82) is 0 Å². The Morgan fingerprint density at radius 1 is 0.938 bits per heavy atom. The molecule has 0 spiro atoms. The van der Waals surface area contributed by atoms with Crippen LogP contribution in [0, 0.1) is 0 Å². The van der Waals surface area contributed by atoms with Crippen LogP contribution in [0.4, 0.5) is 0 Å². The summed E-state index contributed by atoms with van der Waals surface area (Å²) in [7, 11) is 1.65. The number of methoxy groups -OCH3 is 1. The van der Waals surface area contributed by atoms with Crippen molar-refractivity contribution in [2.45, 2.75) is 37.8 Å². The Balaban J connectivity index is 1.25. The van der Waals surface area contributed by atoms with E-state index in [4.69, 9.17) is 4.74 Å². The van der Waals surface area contributed by atoms with Gasteiger partial charge in [0.25, 0.3) is 0 Å². The van der Waals surface area contributed by atoms with Gasteiger partial charge in [0.1, 0.15) is 11.8 Å². The van der Waals surface area contributed by atoms with Gasteiger partial charge in [0.15, 0.2) is 0 Å². The number of benzene rings is 2. The van der Waals surface area contributed by atoms with Crippen LogP contribution in [0.1, 0.15) is 36.4 Å². The van der Waals surface area contributed by atoms with Gasteiger partial charge in [0.2, 0.25) is 11.8 Å². The fraction of sp³-hybridized carbons (Fsp3) is 0.440. The lowest BCUT2D eigenvalue weighted by Crippen LogP contribution is -2.47. The molecule has 2 heterocycles. The van der Waals surface area contributed by atoms with Crippen LogP contribution in [0.3, 0.4) is 0 Å². The van der Waals surface area contributed by atoms with E-state index in [9.17, 15) is 9.59 Å². The number of ether oxygens (including phenoxy) is 1. The molecule has 2 aliphatic rings. The molecular formula is C25H32N4O3. The minimum atomic E-state index is -0.238. The first-order valence-corrected chi connectivity index (χ1v) is 11.4. The van der Waals surface area contributed by atoms with Crippen molar-refractivity contribution in [3.8, 4) is 5.75 Å². The van der Waals surface area contributed by atoms with Gasteiger partial charge in [-0.3, -0.25) is 9.59 Å². The Bertz CT molecular complexity index is 903. The molecule has 0 radical (unpaired) electrons. The van der Waals surface area contributed by atoms with E-state index < -0.39 is 0 Å². The first-order valence-electron chi connectivity index (χ1n) is 11.4. The lowest BCUT2D eigenvalue weighted by atomic mass is 10.0. The molecule has 2 unspecified atom stereocenters. The highest BCUT2D eigenvalue weighted by Crippen LogP contribution is 2.23. The van der Waals surface area contributed by atoms with Gasteiger partial charge >= 0.3 is 0 Å². The summed E-state index contributed by atoms with van der Waals surface area (Å²) in [6.07, 6.45) is 2.72. The van der Waals surface area contributed by atoms with E-state index in [2.05, 4.69) is 23.0 Å². The fourth-order valence-electron chi connectivity index (χ4n) is 4.43. The standard InChI is InChI=1S/C25H32N4O3/c1-32-21-11-8-19(9-12-21)10-13-24(30)28-14-5-15-29(17-16-28)25(31)23-18-22(26-27-23)20-6-3-2-4-7-20/h2-4,6-9,11-12,22-23,26-27H,5,10,13-18H2,1H3. The molecule has 2 amide bonds. The molecule has 2 saturated heterocycles. The average Bonchev–Trinajstić information content (AvgIpc) is 3.21. The van der Waals surface area contributed by atoms with Gasteiger partial charge in [-0.05, 0) is 42.5 Å². The van der Waals surface area contributed by atoms with Crippen LogP contribution < -0.4 is 15.6 Å². The number of hydrazine groups is 1.